The molecule has 74 valence electrons. The van der Waals surface area contributed by atoms with Gasteiger partial charge >= 0.3 is 0 Å². The summed E-state index contributed by atoms with van der Waals surface area (Å²) in [7, 11) is 0. The van der Waals surface area contributed by atoms with Crippen LogP contribution in [0.3, 0.4) is 0 Å². The van der Waals surface area contributed by atoms with Crippen LogP contribution in [0.25, 0.3) is 0 Å². The van der Waals surface area contributed by atoms with Crippen LogP contribution < -0.4 is 11.5 Å². The molecule has 2 nitrogen and oxygen atoms in total. The SMILES string of the molecule is Cc1cc(N)cc(C)c1C#CCCN. The van der Waals surface area contributed by atoms with E-state index in [4.69, 9.17) is 11.5 Å². The molecule has 4 N–H and O–H groups in total. The summed E-state index contributed by atoms with van der Waals surface area (Å²) in [5.41, 5.74) is 15.2. The number of hydrogen-bond acceptors (Lipinski definition) is 2. The van der Waals surface area contributed by atoms with E-state index in [0.29, 0.717) is 6.54 Å². The fourth-order valence-electron chi connectivity index (χ4n) is 1.42. The second kappa shape index (κ2) is 4.69. The molecule has 0 aliphatic rings. The third-order valence-electron chi connectivity index (χ3n) is 2.04. The maximum absolute atomic E-state index is 5.71. The van der Waals surface area contributed by atoms with E-state index in [1.807, 2.05) is 26.0 Å². The van der Waals surface area contributed by atoms with Crippen molar-refractivity contribution in [3.8, 4) is 11.8 Å². The Bertz CT molecular complexity index is 360. The fraction of sp³-hybridized carbons (Fsp3) is 0.333. The topological polar surface area (TPSA) is 52.0 Å². The molecule has 0 spiro atoms. The van der Waals surface area contributed by atoms with Crippen molar-refractivity contribution < 1.29 is 0 Å². The number of nitrogen functional groups attached to an aromatic ring is 1. The molecule has 1 aromatic carbocycles. The Kier molecular flexibility index (Phi) is 3.55. The zero-order chi connectivity index (χ0) is 10.6. The van der Waals surface area contributed by atoms with Crippen LogP contribution in [0.5, 0.6) is 0 Å². The summed E-state index contributed by atoms with van der Waals surface area (Å²) in [4.78, 5) is 0. The van der Waals surface area contributed by atoms with E-state index in [0.717, 1.165) is 28.8 Å². The number of hydrogen-bond donors (Lipinski definition) is 2. The van der Waals surface area contributed by atoms with Gasteiger partial charge in [-0.2, -0.15) is 0 Å². The summed E-state index contributed by atoms with van der Waals surface area (Å²) in [5, 5.41) is 0. The second-order valence-electron chi connectivity index (χ2n) is 3.37. The Morgan fingerprint density at radius 2 is 1.79 bits per heavy atom. The highest BCUT2D eigenvalue weighted by Gasteiger charge is 2.00. The first-order chi connectivity index (χ1) is 6.65. The van der Waals surface area contributed by atoms with Crippen molar-refractivity contribution in [2.24, 2.45) is 5.73 Å². The van der Waals surface area contributed by atoms with Gasteiger partial charge in [0.15, 0.2) is 0 Å². The molecule has 0 amide bonds. The summed E-state index contributed by atoms with van der Waals surface area (Å²) in [6, 6.07) is 3.89. The van der Waals surface area contributed by atoms with Crippen molar-refractivity contribution in [1.82, 2.24) is 0 Å². The lowest BCUT2D eigenvalue weighted by Crippen LogP contribution is -1.96. The van der Waals surface area contributed by atoms with Crippen LogP contribution in [0, 0.1) is 25.7 Å². The molecule has 0 fully saturated rings. The molecule has 0 saturated carbocycles. The van der Waals surface area contributed by atoms with Gasteiger partial charge in [0.2, 0.25) is 0 Å². The van der Waals surface area contributed by atoms with Gasteiger partial charge in [-0.1, -0.05) is 11.8 Å². The van der Waals surface area contributed by atoms with Crippen LogP contribution in [-0.4, -0.2) is 6.54 Å². The number of rotatable bonds is 1. The monoisotopic (exact) mass is 188 g/mol. The highest BCUT2D eigenvalue weighted by atomic mass is 14.5. The standard InChI is InChI=1S/C12H16N2/c1-9-7-11(14)8-10(2)12(9)5-3-4-6-13/h7-8H,4,6,13-14H2,1-2H3. The van der Waals surface area contributed by atoms with E-state index in [1.165, 1.54) is 0 Å². The molecule has 0 bridgehead atoms. The van der Waals surface area contributed by atoms with Crippen molar-refractivity contribution in [2.45, 2.75) is 20.3 Å². The summed E-state index contributed by atoms with van der Waals surface area (Å²) < 4.78 is 0. The molecule has 2 heteroatoms. The van der Waals surface area contributed by atoms with Crippen molar-refractivity contribution in [3.05, 3.63) is 28.8 Å². The first kappa shape index (κ1) is 10.6. The first-order valence-electron chi connectivity index (χ1n) is 4.71. The lowest BCUT2D eigenvalue weighted by Gasteiger charge is -2.04. The molecule has 0 heterocycles. The van der Waals surface area contributed by atoms with Crippen LogP contribution in [0.4, 0.5) is 5.69 Å². The van der Waals surface area contributed by atoms with E-state index in [2.05, 4.69) is 11.8 Å². The van der Waals surface area contributed by atoms with Gasteiger partial charge in [-0.3, -0.25) is 0 Å². The molecular weight excluding hydrogens is 172 g/mol. The highest BCUT2D eigenvalue weighted by molar-refractivity contribution is 5.54. The van der Waals surface area contributed by atoms with Gasteiger partial charge in [-0.05, 0) is 37.1 Å². The van der Waals surface area contributed by atoms with E-state index >= 15 is 0 Å². The smallest absolute Gasteiger partial charge is 0.0320 e. The molecule has 1 aromatic rings. The van der Waals surface area contributed by atoms with Crippen LogP contribution in [0.2, 0.25) is 0 Å². The van der Waals surface area contributed by atoms with Gasteiger partial charge in [0.25, 0.3) is 0 Å². The molecule has 0 aliphatic heterocycles. The van der Waals surface area contributed by atoms with Gasteiger partial charge in [0, 0.05) is 24.2 Å². The fourth-order valence-corrected chi connectivity index (χ4v) is 1.42. The molecule has 0 aliphatic carbocycles. The minimum absolute atomic E-state index is 0.611. The van der Waals surface area contributed by atoms with Gasteiger partial charge < -0.3 is 11.5 Å². The van der Waals surface area contributed by atoms with Gasteiger partial charge in [0.05, 0.1) is 0 Å². The number of aryl methyl sites for hydroxylation is 2. The molecule has 0 unspecified atom stereocenters. The lowest BCUT2D eigenvalue weighted by molar-refractivity contribution is 1.03. The molecule has 14 heavy (non-hydrogen) atoms. The minimum Gasteiger partial charge on any atom is -0.399 e. The van der Waals surface area contributed by atoms with Crippen LogP contribution in [-0.2, 0) is 0 Å². The van der Waals surface area contributed by atoms with E-state index in [9.17, 15) is 0 Å². The molecule has 1 rings (SSSR count). The zero-order valence-corrected chi connectivity index (χ0v) is 8.72. The predicted octanol–water partition coefficient (Wildman–Crippen LogP) is 1.59. The third-order valence-corrected chi connectivity index (χ3v) is 2.04. The second-order valence-corrected chi connectivity index (χ2v) is 3.37. The summed E-state index contributed by atoms with van der Waals surface area (Å²) in [6.07, 6.45) is 0.739. The average molecular weight is 188 g/mol. The van der Waals surface area contributed by atoms with Crippen LogP contribution in [0.15, 0.2) is 12.1 Å². The van der Waals surface area contributed by atoms with Gasteiger partial charge in [0.1, 0.15) is 0 Å². The van der Waals surface area contributed by atoms with E-state index in [1.54, 1.807) is 0 Å². The van der Waals surface area contributed by atoms with Crippen molar-refractivity contribution >= 4 is 5.69 Å². The quantitative estimate of drug-likeness (QED) is 0.519. The molecule has 0 aromatic heterocycles. The molecule has 0 saturated heterocycles. The first-order valence-corrected chi connectivity index (χ1v) is 4.71. The van der Waals surface area contributed by atoms with E-state index in [-0.39, 0.29) is 0 Å². The average Bonchev–Trinajstić information content (AvgIpc) is 2.09. The van der Waals surface area contributed by atoms with Crippen molar-refractivity contribution in [1.29, 1.82) is 0 Å². The Labute approximate surface area is 85.3 Å². The predicted molar refractivity (Wildman–Crippen MR) is 60.9 cm³/mol. The molecule has 0 radical (unpaired) electrons. The lowest BCUT2D eigenvalue weighted by atomic mass is 10.0. The van der Waals surface area contributed by atoms with Crippen LogP contribution >= 0.6 is 0 Å². The van der Waals surface area contributed by atoms with Crippen molar-refractivity contribution in [3.63, 3.8) is 0 Å². The number of nitrogens with two attached hydrogens (primary N) is 2. The molecule has 0 atom stereocenters. The van der Waals surface area contributed by atoms with Gasteiger partial charge in [-0.25, -0.2) is 0 Å². The van der Waals surface area contributed by atoms with Crippen molar-refractivity contribution in [2.75, 3.05) is 12.3 Å². The zero-order valence-electron chi connectivity index (χ0n) is 8.72. The minimum atomic E-state index is 0.611. The Hall–Kier alpha value is -1.46. The van der Waals surface area contributed by atoms with E-state index < -0.39 is 0 Å². The number of benzene rings is 1. The summed E-state index contributed by atoms with van der Waals surface area (Å²) >= 11 is 0. The Morgan fingerprint density at radius 1 is 1.21 bits per heavy atom. The Morgan fingerprint density at radius 3 is 2.29 bits per heavy atom. The maximum Gasteiger partial charge on any atom is 0.0320 e. The summed E-state index contributed by atoms with van der Waals surface area (Å²) in [5.74, 6) is 6.16. The number of anilines is 1. The normalized spacial score (nSPS) is 9.36. The van der Waals surface area contributed by atoms with Crippen LogP contribution in [0.1, 0.15) is 23.1 Å². The molecular formula is C12H16N2. The van der Waals surface area contributed by atoms with Gasteiger partial charge in [-0.15, -0.1) is 0 Å². The summed E-state index contributed by atoms with van der Waals surface area (Å²) in [6.45, 7) is 4.66. The largest absolute Gasteiger partial charge is 0.399 e. The Balaban J connectivity index is 3.04. The third kappa shape index (κ3) is 2.51. The highest BCUT2D eigenvalue weighted by Crippen LogP contribution is 2.16. The maximum atomic E-state index is 5.71.